The van der Waals surface area contributed by atoms with Gasteiger partial charge < -0.3 is 10.2 Å². The molecule has 0 saturated heterocycles. The molecule has 0 radical (unpaired) electrons. The lowest BCUT2D eigenvalue weighted by atomic mass is 9.44. The topological polar surface area (TPSA) is 40.5 Å². The summed E-state index contributed by atoms with van der Waals surface area (Å²) in [4.78, 5) is 0. The Bertz CT molecular complexity index is 608. The maximum atomic E-state index is 12.5. The number of aliphatic hydroxyl groups is 2. The zero-order valence-corrected chi connectivity index (χ0v) is 18.8. The first-order chi connectivity index (χ1) is 14.1. The van der Waals surface area contributed by atoms with Crippen molar-refractivity contribution in [3.05, 3.63) is 0 Å². The Kier molecular flexibility index (Phi) is 6.29. The van der Waals surface area contributed by atoms with E-state index >= 15 is 0 Å². The van der Waals surface area contributed by atoms with Crippen LogP contribution in [0.2, 0.25) is 0 Å². The van der Waals surface area contributed by atoms with Gasteiger partial charge in [0.15, 0.2) is 0 Å². The van der Waals surface area contributed by atoms with Gasteiger partial charge in [-0.25, -0.2) is 0 Å². The summed E-state index contributed by atoms with van der Waals surface area (Å²) in [7, 11) is 0. The largest absolute Gasteiger partial charge is 0.414 e. The van der Waals surface area contributed by atoms with E-state index in [2.05, 4.69) is 13.8 Å². The molecule has 0 aromatic rings. The minimum absolute atomic E-state index is 0.0970. The fourth-order valence-electron chi connectivity index (χ4n) is 8.71. The predicted octanol–water partition coefficient (Wildman–Crippen LogP) is 6.49. The second-order valence-electron chi connectivity index (χ2n) is 11.7. The van der Waals surface area contributed by atoms with Crippen LogP contribution in [0.15, 0.2) is 0 Å². The smallest absolute Gasteiger partial charge is 0.393 e. The molecule has 0 amide bonds. The molecule has 174 valence electrons. The van der Waals surface area contributed by atoms with Crippen LogP contribution in [0.1, 0.15) is 97.3 Å². The number of rotatable bonds is 5. The maximum absolute atomic E-state index is 12.5. The first-order valence-corrected chi connectivity index (χ1v) is 12.5. The average molecular weight is 431 g/mol. The molecule has 30 heavy (non-hydrogen) atoms. The number of hydrogen-bond acceptors (Lipinski definition) is 2. The van der Waals surface area contributed by atoms with Crippen molar-refractivity contribution in [2.24, 2.45) is 40.4 Å². The van der Waals surface area contributed by atoms with Crippen LogP contribution >= 0.6 is 0 Å². The molecule has 2 N–H and O–H groups in total. The van der Waals surface area contributed by atoms with Crippen molar-refractivity contribution < 1.29 is 23.4 Å². The Morgan fingerprint density at radius 2 is 1.60 bits per heavy atom. The van der Waals surface area contributed by atoms with Crippen LogP contribution in [-0.4, -0.2) is 28.6 Å². The number of aliphatic hydroxyl groups excluding tert-OH is 2. The van der Waals surface area contributed by atoms with E-state index in [9.17, 15) is 23.4 Å². The summed E-state index contributed by atoms with van der Waals surface area (Å²) in [6.07, 6.45) is 6.16. The first-order valence-electron chi connectivity index (χ1n) is 12.5. The Labute approximate surface area is 180 Å². The number of halogens is 3. The summed E-state index contributed by atoms with van der Waals surface area (Å²) < 4.78 is 37.6. The lowest BCUT2D eigenvalue weighted by molar-refractivity contribution is -0.205. The molecule has 9 atom stereocenters. The van der Waals surface area contributed by atoms with Gasteiger partial charge in [-0.05, 0) is 111 Å². The fraction of sp³-hybridized carbons (Fsp3) is 1.00. The van der Waals surface area contributed by atoms with Gasteiger partial charge in [0.1, 0.15) is 6.10 Å². The van der Waals surface area contributed by atoms with Gasteiger partial charge in [0.2, 0.25) is 0 Å². The SMILES string of the molecule is CC12CCC3[C@@H](CCC4C[C@@H](O)CC[C@@]43C)C1CC[C@@H]2CCCCC(O)C(F)(F)F. The van der Waals surface area contributed by atoms with E-state index in [1.807, 2.05) is 0 Å². The van der Waals surface area contributed by atoms with Gasteiger partial charge in [-0.3, -0.25) is 0 Å². The van der Waals surface area contributed by atoms with Gasteiger partial charge in [0.05, 0.1) is 6.10 Å². The van der Waals surface area contributed by atoms with Crippen LogP contribution < -0.4 is 0 Å². The second-order valence-corrected chi connectivity index (χ2v) is 11.7. The molecule has 0 heterocycles. The molecule has 0 spiro atoms. The molecule has 0 aromatic heterocycles. The van der Waals surface area contributed by atoms with Crippen molar-refractivity contribution in [1.29, 1.82) is 0 Å². The van der Waals surface area contributed by atoms with Gasteiger partial charge in [-0.2, -0.15) is 13.2 Å². The molecule has 4 rings (SSSR count). The van der Waals surface area contributed by atoms with E-state index in [1.165, 1.54) is 44.9 Å². The van der Waals surface area contributed by atoms with E-state index in [4.69, 9.17) is 0 Å². The molecule has 0 aliphatic heterocycles. The molecular formula is C25H41F3O2. The summed E-state index contributed by atoms with van der Waals surface area (Å²) in [5.41, 5.74) is 0.747. The van der Waals surface area contributed by atoms with E-state index in [0.717, 1.165) is 43.4 Å². The average Bonchev–Trinajstić information content (AvgIpc) is 3.01. The van der Waals surface area contributed by atoms with Gasteiger partial charge in [0, 0.05) is 0 Å². The Morgan fingerprint density at radius 3 is 2.33 bits per heavy atom. The normalized spacial score (nSPS) is 47.3. The summed E-state index contributed by atoms with van der Waals surface area (Å²) in [5.74, 6) is 3.68. The third kappa shape index (κ3) is 3.95. The molecule has 5 heteroatoms. The standard InChI is InChI=1S/C25H41F3O2/c1-23-14-12-21-19(9-7-17-15-18(29)11-13-24(17,21)2)20(23)10-8-16(23)5-3-4-6-22(30)25(26,27)28/h16-22,29-30H,3-15H2,1-2H3/t16-,17?,18-,19-,20?,21?,22?,23?,24-/m0/s1. The maximum Gasteiger partial charge on any atom is 0.414 e. The van der Waals surface area contributed by atoms with Crippen LogP contribution in [0.25, 0.3) is 0 Å². The quantitative estimate of drug-likeness (QED) is 0.490. The molecule has 4 aliphatic rings. The monoisotopic (exact) mass is 430 g/mol. The van der Waals surface area contributed by atoms with Crippen LogP contribution in [0, 0.1) is 40.4 Å². The summed E-state index contributed by atoms with van der Waals surface area (Å²) in [5, 5.41) is 19.4. The van der Waals surface area contributed by atoms with Crippen LogP contribution in [-0.2, 0) is 0 Å². The number of unbranched alkanes of at least 4 members (excludes halogenated alkanes) is 1. The molecule has 5 unspecified atom stereocenters. The summed E-state index contributed by atoms with van der Waals surface area (Å²) >= 11 is 0. The van der Waals surface area contributed by atoms with Crippen LogP contribution in [0.3, 0.4) is 0 Å². The van der Waals surface area contributed by atoms with Crippen molar-refractivity contribution in [3.63, 3.8) is 0 Å². The molecule has 4 aliphatic carbocycles. The van der Waals surface area contributed by atoms with Gasteiger partial charge in [-0.15, -0.1) is 0 Å². The third-order valence-electron chi connectivity index (χ3n) is 10.5. The minimum atomic E-state index is -4.48. The summed E-state index contributed by atoms with van der Waals surface area (Å²) in [6.45, 7) is 5.00. The molecule has 4 fully saturated rings. The highest BCUT2D eigenvalue weighted by Crippen LogP contribution is 2.67. The van der Waals surface area contributed by atoms with Crippen LogP contribution in [0.5, 0.6) is 0 Å². The molecule has 2 nitrogen and oxygen atoms in total. The van der Waals surface area contributed by atoms with E-state index in [0.29, 0.717) is 29.1 Å². The van der Waals surface area contributed by atoms with Crippen molar-refractivity contribution in [2.75, 3.05) is 0 Å². The lowest BCUT2D eigenvalue weighted by Crippen LogP contribution is -2.53. The highest BCUT2D eigenvalue weighted by Gasteiger charge is 2.59. The highest BCUT2D eigenvalue weighted by atomic mass is 19.4. The van der Waals surface area contributed by atoms with Crippen molar-refractivity contribution in [1.82, 2.24) is 0 Å². The van der Waals surface area contributed by atoms with E-state index in [-0.39, 0.29) is 12.5 Å². The Morgan fingerprint density at radius 1 is 0.900 bits per heavy atom. The molecular weight excluding hydrogens is 389 g/mol. The number of alkyl halides is 3. The highest BCUT2D eigenvalue weighted by molar-refractivity contribution is 5.09. The minimum Gasteiger partial charge on any atom is -0.393 e. The van der Waals surface area contributed by atoms with E-state index < -0.39 is 12.3 Å². The Balaban J connectivity index is 1.36. The third-order valence-corrected chi connectivity index (χ3v) is 10.5. The predicted molar refractivity (Wildman–Crippen MR) is 112 cm³/mol. The van der Waals surface area contributed by atoms with Gasteiger partial charge >= 0.3 is 6.18 Å². The van der Waals surface area contributed by atoms with Crippen molar-refractivity contribution in [3.8, 4) is 0 Å². The Hall–Kier alpha value is -0.290. The molecule has 0 bridgehead atoms. The molecule has 4 saturated carbocycles. The van der Waals surface area contributed by atoms with E-state index in [1.54, 1.807) is 0 Å². The zero-order valence-electron chi connectivity index (χ0n) is 18.8. The first kappa shape index (κ1) is 22.9. The fourth-order valence-corrected chi connectivity index (χ4v) is 8.71. The lowest BCUT2D eigenvalue weighted by Gasteiger charge is -2.61. The van der Waals surface area contributed by atoms with Gasteiger partial charge in [-0.1, -0.05) is 26.7 Å². The molecule has 0 aromatic carbocycles. The number of fused-ring (bicyclic) bond motifs is 5. The number of hydrogen-bond donors (Lipinski definition) is 2. The van der Waals surface area contributed by atoms with Gasteiger partial charge in [0.25, 0.3) is 0 Å². The van der Waals surface area contributed by atoms with Crippen molar-refractivity contribution in [2.45, 2.75) is 116 Å². The van der Waals surface area contributed by atoms with Crippen molar-refractivity contribution >= 4 is 0 Å². The van der Waals surface area contributed by atoms with Crippen LogP contribution in [0.4, 0.5) is 13.2 Å². The summed E-state index contributed by atoms with van der Waals surface area (Å²) in [6, 6.07) is 0. The zero-order chi connectivity index (χ0) is 21.7. The second kappa shape index (κ2) is 8.24.